The third kappa shape index (κ3) is 4.42. The molecule has 0 spiro atoms. The van der Waals surface area contributed by atoms with E-state index in [1.165, 1.54) is 0 Å². The van der Waals surface area contributed by atoms with Crippen LogP contribution in [0, 0.1) is 30.3 Å². The van der Waals surface area contributed by atoms with Gasteiger partial charge >= 0.3 is 5.97 Å². The van der Waals surface area contributed by atoms with E-state index >= 15 is 0 Å². The van der Waals surface area contributed by atoms with Crippen LogP contribution in [0.5, 0.6) is 0 Å². The number of carbonyl (C=O) groups excluding carboxylic acids is 1. The van der Waals surface area contributed by atoms with Crippen LogP contribution in [0.25, 0.3) is 0 Å². The van der Waals surface area contributed by atoms with E-state index in [4.69, 9.17) is 0 Å². The molecule has 13 nitrogen and oxygen atoms in total. The van der Waals surface area contributed by atoms with E-state index in [9.17, 15) is 35.1 Å². The largest absolute Gasteiger partial charge is 0.468 e. The van der Waals surface area contributed by atoms with E-state index in [0.29, 0.717) is 12.1 Å². The first kappa shape index (κ1) is 17.4. The Hall–Kier alpha value is -3.64. The molecule has 1 aromatic rings. The highest BCUT2D eigenvalue weighted by atomic mass is 16.6. The lowest BCUT2D eigenvalue weighted by Gasteiger charge is -2.01. The van der Waals surface area contributed by atoms with Crippen LogP contribution in [-0.2, 0) is 9.53 Å². The predicted molar refractivity (Wildman–Crippen MR) is 74.0 cm³/mol. The summed E-state index contributed by atoms with van der Waals surface area (Å²) in [6.07, 6.45) is 0.725. The maximum Gasteiger partial charge on any atom is 0.326 e. The Balaban J connectivity index is 3.29. The van der Waals surface area contributed by atoms with Crippen LogP contribution >= 0.6 is 0 Å². The van der Waals surface area contributed by atoms with Gasteiger partial charge in [-0.05, 0) is 0 Å². The predicted octanol–water partition coefficient (Wildman–Crippen LogP) is 0.508. The van der Waals surface area contributed by atoms with Crippen molar-refractivity contribution >= 4 is 29.2 Å². The molecule has 23 heavy (non-hydrogen) atoms. The molecule has 122 valence electrons. The Bertz CT molecular complexity index is 665. The maximum atomic E-state index is 11.0. The van der Waals surface area contributed by atoms with Crippen molar-refractivity contribution < 1.29 is 24.3 Å². The number of nitro benzene ring substituents is 3. The summed E-state index contributed by atoms with van der Waals surface area (Å²) in [7, 11) is 1.12. The van der Waals surface area contributed by atoms with Gasteiger partial charge in [0.1, 0.15) is 6.54 Å². The number of hydrogen-bond acceptors (Lipinski definition) is 10. The summed E-state index contributed by atoms with van der Waals surface area (Å²) < 4.78 is 4.30. The lowest BCUT2D eigenvalue weighted by molar-refractivity contribution is -0.403. The molecule has 0 amide bonds. The highest BCUT2D eigenvalue weighted by molar-refractivity contribution is 5.91. The van der Waals surface area contributed by atoms with E-state index in [0.717, 1.165) is 13.3 Å². The van der Waals surface area contributed by atoms with Crippen LogP contribution in [0.1, 0.15) is 5.56 Å². The van der Waals surface area contributed by atoms with Crippen LogP contribution < -0.4 is 5.43 Å². The second-order valence-corrected chi connectivity index (χ2v) is 3.84. The van der Waals surface area contributed by atoms with Crippen molar-refractivity contribution in [2.75, 3.05) is 13.7 Å². The van der Waals surface area contributed by atoms with E-state index in [1.807, 2.05) is 0 Å². The average Bonchev–Trinajstić information content (AvgIpc) is 2.50. The second kappa shape index (κ2) is 7.39. The first-order valence-corrected chi connectivity index (χ1v) is 5.72. The Labute approximate surface area is 127 Å². The first-order valence-electron chi connectivity index (χ1n) is 5.72. The van der Waals surface area contributed by atoms with Crippen molar-refractivity contribution in [2.24, 2.45) is 5.10 Å². The Morgan fingerprint density at radius 2 is 1.70 bits per heavy atom. The molecule has 0 saturated heterocycles. The normalized spacial score (nSPS) is 10.3. The summed E-state index contributed by atoms with van der Waals surface area (Å²) in [5.41, 5.74) is -0.918. The molecule has 0 atom stereocenters. The van der Waals surface area contributed by atoms with Gasteiger partial charge in [0.05, 0.1) is 40.2 Å². The fourth-order valence-electron chi connectivity index (χ4n) is 1.44. The van der Waals surface area contributed by atoms with Gasteiger partial charge in [-0.25, -0.2) is 0 Å². The molecule has 0 bridgehead atoms. The van der Waals surface area contributed by atoms with Gasteiger partial charge in [-0.3, -0.25) is 40.6 Å². The van der Waals surface area contributed by atoms with Gasteiger partial charge < -0.3 is 4.74 Å². The average molecular weight is 327 g/mol. The highest BCUT2D eigenvalue weighted by Crippen LogP contribution is 2.32. The van der Waals surface area contributed by atoms with Crippen LogP contribution in [-0.4, -0.2) is 40.6 Å². The summed E-state index contributed by atoms with van der Waals surface area (Å²) in [6, 6.07) is 1.16. The van der Waals surface area contributed by atoms with Crippen molar-refractivity contribution in [1.29, 1.82) is 0 Å². The maximum absolute atomic E-state index is 11.0. The minimum absolute atomic E-state index is 0.373. The molecule has 0 radical (unpaired) electrons. The molecule has 0 fully saturated rings. The van der Waals surface area contributed by atoms with Crippen LogP contribution in [0.15, 0.2) is 17.2 Å². The molecule has 0 unspecified atom stereocenters. The number of nitro groups is 3. The fourth-order valence-corrected chi connectivity index (χ4v) is 1.44. The number of carbonyl (C=O) groups is 1. The topological polar surface area (TPSA) is 180 Å². The van der Waals surface area contributed by atoms with E-state index in [-0.39, 0.29) is 6.54 Å². The van der Waals surface area contributed by atoms with Crippen LogP contribution in [0.2, 0.25) is 0 Å². The smallest absolute Gasteiger partial charge is 0.326 e. The van der Waals surface area contributed by atoms with Gasteiger partial charge in [0.15, 0.2) is 5.56 Å². The summed E-state index contributed by atoms with van der Waals surface area (Å²) >= 11 is 0. The Kier molecular flexibility index (Phi) is 5.60. The number of methoxy groups -OCH3 is 1. The summed E-state index contributed by atoms with van der Waals surface area (Å²) in [6.45, 7) is -0.373. The number of hydrogen-bond donors (Lipinski definition) is 1. The van der Waals surface area contributed by atoms with Crippen molar-refractivity contribution in [1.82, 2.24) is 5.43 Å². The molecule has 0 aliphatic heterocycles. The van der Waals surface area contributed by atoms with Crippen molar-refractivity contribution in [2.45, 2.75) is 0 Å². The zero-order valence-corrected chi connectivity index (χ0v) is 11.5. The zero-order valence-electron chi connectivity index (χ0n) is 11.5. The third-order valence-electron chi connectivity index (χ3n) is 2.46. The molecule has 0 saturated carbocycles. The molecule has 0 aliphatic rings. The number of esters is 1. The quantitative estimate of drug-likeness (QED) is 0.323. The molecule has 1 aromatic carbocycles. The fraction of sp³-hybridized carbons (Fsp3) is 0.200. The minimum Gasteiger partial charge on any atom is -0.468 e. The number of nitrogens with zero attached hydrogens (tertiary/aromatic N) is 4. The van der Waals surface area contributed by atoms with Crippen LogP contribution in [0.3, 0.4) is 0 Å². The van der Waals surface area contributed by atoms with Gasteiger partial charge in [-0.1, -0.05) is 0 Å². The number of nitrogens with one attached hydrogen (secondary N) is 1. The molecule has 0 heterocycles. The molecule has 0 aromatic heterocycles. The first-order chi connectivity index (χ1) is 10.8. The van der Waals surface area contributed by atoms with Crippen molar-refractivity contribution in [3.8, 4) is 0 Å². The van der Waals surface area contributed by atoms with E-state index in [1.54, 1.807) is 0 Å². The van der Waals surface area contributed by atoms with Gasteiger partial charge in [0, 0.05) is 0 Å². The number of hydrazone groups is 1. The third-order valence-corrected chi connectivity index (χ3v) is 2.46. The second-order valence-electron chi connectivity index (χ2n) is 3.84. The monoisotopic (exact) mass is 327 g/mol. The summed E-state index contributed by atoms with van der Waals surface area (Å²) in [5.74, 6) is -0.685. The van der Waals surface area contributed by atoms with Crippen molar-refractivity contribution in [3.05, 3.63) is 48.0 Å². The summed E-state index contributed by atoms with van der Waals surface area (Å²) in [5, 5.41) is 36.1. The number of rotatable bonds is 7. The Morgan fingerprint density at radius 3 is 2.09 bits per heavy atom. The highest BCUT2D eigenvalue weighted by Gasteiger charge is 2.29. The lowest BCUT2D eigenvalue weighted by Crippen LogP contribution is -2.19. The molecule has 0 aliphatic carbocycles. The molecule has 1 rings (SSSR count). The zero-order chi connectivity index (χ0) is 17.6. The van der Waals surface area contributed by atoms with Crippen LogP contribution in [0.4, 0.5) is 17.1 Å². The Morgan fingerprint density at radius 1 is 1.17 bits per heavy atom. The number of non-ortho nitro benzene ring substituents is 1. The molecular weight excluding hydrogens is 318 g/mol. The van der Waals surface area contributed by atoms with Gasteiger partial charge in [0.25, 0.3) is 17.1 Å². The molecule has 13 heteroatoms. The van der Waals surface area contributed by atoms with E-state index in [2.05, 4.69) is 15.3 Å². The SMILES string of the molecule is COC(=O)CN/N=C/c1c([N+](=O)[O-])cc([N+](=O)[O-])cc1[N+](=O)[O-]. The molecule has 1 N–H and O–H groups in total. The minimum atomic E-state index is -1.01. The number of ether oxygens (including phenoxy) is 1. The van der Waals surface area contributed by atoms with Gasteiger partial charge in [-0.15, -0.1) is 0 Å². The summed E-state index contributed by atoms with van der Waals surface area (Å²) in [4.78, 5) is 40.4. The van der Waals surface area contributed by atoms with Gasteiger partial charge in [-0.2, -0.15) is 5.10 Å². The number of benzene rings is 1. The molecular formula is C10H9N5O8. The van der Waals surface area contributed by atoms with Crippen molar-refractivity contribution in [3.63, 3.8) is 0 Å². The standard InChI is InChI=1S/C10H9N5O8/c1-23-10(16)5-12-11-4-7-8(14(19)20)2-6(13(17)18)3-9(7)15(21)22/h2-4,12H,5H2,1H3/b11-4+. The van der Waals surface area contributed by atoms with E-state index < -0.39 is 43.4 Å². The van der Waals surface area contributed by atoms with Gasteiger partial charge in [0.2, 0.25) is 0 Å². The lowest BCUT2D eigenvalue weighted by atomic mass is 10.1.